The fraction of sp³-hybridized carbons (Fsp3) is 0.917. The standard InChI is InChI=1S/C12H23NO3/c1-11(2,3)16-10(14)13-9-5-7-12(4,15)8-6-9/h9,15H,5-8H2,1-4H3,(H,13,14). The molecule has 0 bridgehead atoms. The van der Waals surface area contributed by atoms with Crippen LogP contribution in [0.1, 0.15) is 53.4 Å². The summed E-state index contributed by atoms with van der Waals surface area (Å²) in [7, 11) is 0. The normalized spacial score (nSPS) is 30.9. The van der Waals surface area contributed by atoms with Gasteiger partial charge < -0.3 is 15.2 Å². The van der Waals surface area contributed by atoms with E-state index in [1.54, 1.807) is 0 Å². The first-order valence-corrected chi connectivity index (χ1v) is 5.90. The lowest BCUT2D eigenvalue weighted by molar-refractivity contribution is 0.00938. The van der Waals surface area contributed by atoms with Crippen LogP contribution < -0.4 is 5.32 Å². The van der Waals surface area contributed by atoms with Gasteiger partial charge in [0.15, 0.2) is 0 Å². The summed E-state index contributed by atoms with van der Waals surface area (Å²) < 4.78 is 5.18. The molecule has 0 spiro atoms. The van der Waals surface area contributed by atoms with Crippen LogP contribution in [0.3, 0.4) is 0 Å². The number of hydrogen-bond acceptors (Lipinski definition) is 3. The van der Waals surface area contributed by atoms with Crippen molar-refractivity contribution < 1.29 is 14.6 Å². The topological polar surface area (TPSA) is 58.6 Å². The molecule has 0 aromatic carbocycles. The molecule has 4 nitrogen and oxygen atoms in total. The maximum Gasteiger partial charge on any atom is 0.407 e. The molecule has 1 aliphatic carbocycles. The van der Waals surface area contributed by atoms with Crippen molar-refractivity contribution in [3.05, 3.63) is 0 Å². The highest BCUT2D eigenvalue weighted by Crippen LogP contribution is 2.27. The Morgan fingerprint density at radius 2 is 1.88 bits per heavy atom. The predicted octanol–water partition coefficient (Wildman–Crippen LogP) is 2.20. The molecule has 16 heavy (non-hydrogen) atoms. The van der Waals surface area contributed by atoms with Crippen LogP contribution in [0.15, 0.2) is 0 Å². The summed E-state index contributed by atoms with van der Waals surface area (Å²) in [5.74, 6) is 0. The molecule has 0 saturated heterocycles. The summed E-state index contributed by atoms with van der Waals surface area (Å²) in [6.07, 6.45) is 2.72. The van der Waals surface area contributed by atoms with Crippen LogP contribution in [0.2, 0.25) is 0 Å². The average molecular weight is 229 g/mol. The van der Waals surface area contributed by atoms with Gasteiger partial charge in [0.25, 0.3) is 0 Å². The molecule has 2 N–H and O–H groups in total. The quantitative estimate of drug-likeness (QED) is 0.724. The molecule has 4 heteroatoms. The second-order valence-corrected chi connectivity index (χ2v) is 5.92. The molecule has 0 atom stereocenters. The third kappa shape index (κ3) is 4.84. The van der Waals surface area contributed by atoms with Crippen LogP contribution in [0, 0.1) is 0 Å². The number of hydrogen-bond donors (Lipinski definition) is 2. The number of rotatable bonds is 1. The first-order chi connectivity index (χ1) is 7.18. The van der Waals surface area contributed by atoms with Gasteiger partial charge in [-0.3, -0.25) is 0 Å². The molecular formula is C12H23NO3. The second-order valence-electron chi connectivity index (χ2n) is 5.92. The lowest BCUT2D eigenvalue weighted by atomic mass is 9.84. The maximum atomic E-state index is 11.5. The van der Waals surface area contributed by atoms with E-state index in [4.69, 9.17) is 4.74 Å². The largest absolute Gasteiger partial charge is 0.444 e. The van der Waals surface area contributed by atoms with E-state index < -0.39 is 11.2 Å². The van der Waals surface area contributed by atoms with Crippen LogP contribution in [0.25, 0.3) is 0 Å². The van der Waals surface area contributed by atoms with Crippen molar-refractivity contribution in [1.82, 2.24) is 5.32 Å². The van der Waals surface area contributed by atoms with Crippen molar-refractivity contribution >= 4 is 6.09 Å². The second kappa shape index (κ2) is 4.62. The summed E-state index contributed by atoms with van der Waals surface area (Å²) in [5, 5.41) is 12.6. The summed E-state index contributed by atoms with van der Waals surface area (Å²) >= 11 is 0. The zero-order valence-electron chi connectivity index (χ0n) is 10.7. The van der Waals surface area contributed by atoms with Gasteiger partial charge in [-0.15, -0.1) is 0 Å². The Kier molecular flexibility index (Phi) is 3.84. The van der Waals surface area contributed by atoms with E-state index in [1.807, 2.05) is 27.7 Å². The Morgan fingerprint density at radius 3 is 2.31 bits per heavy atom. The molecule has 0 radical (unpaired) electrons. The molecule has 0 aliphatic heterocycles. The molecular weight excluding hydrogens is 206 g/mol. The molecule has 0 heterocycles. The zero-order valence-corrected chi connectivity index (χ0v) is 10.7. The number of ether oxygens (including phenoxy) is 1. The number of carbonyl (C=O) groups excluding carboxylic acids is 1. The van der Waals surface area contributed by atoms with Crippen molar-refractivity contribution in [2.45, 2.75) is 70.6 Å². The molecule has 1 rings (SSSR count). The average Bonchev–Trinajstić information content (AvgIpc) is 2.05. The van der Waals surface area contributed by atoms with E-state index in [1.165, 1.54) is 0 Å². The van der Waals surface area contributed by atoms with Gasteiger partial charge in [-0.1, -0.05) is 0 Å². The lowest BCUT2D eigenvalue weighted by Crippen LogP contribution is -2.44. The van der Waals surface area contributed by atoms with Crippen molar-refractivity contribution in [3.8, 4) is 0 Å². The van der Waals surface area contributed by atoms with Crippen LogP contribution in [-0.4, -0.2) is 28.4 Å². The summed E-state index contributed by atoms with van der Waals surface area (Å²) in [6.45, 7) is 7.38. The Morgan fingerprint density at radius 1 is 1.38 bits per heavy atom. The fourth-order valence-electron chi connectivity index (χ4n) is 1.86. The third-order valence-corrected chi connectivity index (χ3v) is 2.78. The van der Waals surface area contributed by atoms with Crippen molar-refractivity contribution in [1.29, 1.82) is 0 Å². The molecule has 94 valence electrons. The molecule has 0 aromatic rings. The predicted molar refractivity (Wildman–Crippen MR) is 62.2 cm³/mol. The van der Waals surface area contributed by atoms with Gasteiger partial charge >= 0.3 is 6.09 Å². The first kappa shape index (κ1) is 13.3. The third-order valence-electron chi connectivity index (χ3n) is 2.78. The number of nitrogens with one attached hydrogen (secondary N) is 1. The Bertz CT molecular complexity index is 245. The van der Waals surface area contributed by atoms with E-state index in [9.17, 15) is 9.90 Å². The van der Waals surface area contributed by atoms with Gasteiger partial charge in [-0.2, -0.15) is 0 Å². The molecule has 1 fully saturated rings. The Balaban J connectivity index is 2.32. The van der Waals surface area contributed by atoms with E-state index in [2.05, 4.69) is 5.32 Å². The summed E-state index contributed by atoms with van der Waals surface area (Å²) in [6, 6.07) is 0.134. The van der Waals surface area contributed by atoms with Gasteiger partial charge in [0.05, 0.1) is 5.60 Å². The van der Waals surface area contributed by atoms with Crippen LogP contribution in [0.5, 0.6) is 0 Å². The Hall–Kier alpha value is -0.770. The van der Waals surface area contributed by atoms with Gasteiger partial charge in [-0.05, 0) is 53.4 Å². The fourth-order valence-corrected chi connectivity index (χ4v) is 1.86. The number of aliphatic hydroxyl groups is 1. The maximum absolute atomic E-state index is 11.5. The van der Waals surface area contributed by atoms with E-state index in [0.29, 0.717) is 0 Å². The minimum absolute atomic E-state index is 0.134. The highest BCUT2D eigenvalue weighted by Gasteiger charge is 2.30. The number of amides is 1. The molecule has 1 saturated carbocycles. The van der Waals surface area contributed by atoms with E-state index in [-0.39, 0.29) is 12.1 Å². The zero-order chi connectivity index (χ0) is 12.4. The van der Waals surface area contributed by atoms with Gasteiger partial charge in [0.2, 0.25) is 0 Å². The summed E-state index contributed by atoms with van der Waals surface area (Å²) in [5.41, 5.74) is -1.02. The molecule has 0 aromatic heterocycles. The van der Waals surface area contributed by atoms with E-state index in [0.717, 1.165) is 25.7 Å². The minimum atomic E-state index is -0.563. The smallest absolute Gasteiger partial charge is 0.407 e. The van der Waals surface area contributed by atoms with Crippen LogP contribution in [-0.2, 0) is 4.74 Å². The SMILES string of the molecule is CC1(O)CCC(NC(=O)OC(C)(C)C)CC1. The number of carbonyl (C=O) groups is 1. The monoisotopic (exact) mass is 229 g/mol. The summed E-state index contributed by atoms with van der Waals surface area (Å²) in [4.78, 5) is 11.5. The minimum Gasteiger partial charge on any atom is -0.444 e. The van der Waals surface area contributed by atoms with Crippen molar-refractivity contribution in [2.75, 3.05) is 0 Å². The number of alkyl carbamates (subject to hydrolysis) is 1. The van der Waals surface area contributed by atoms with Crippen LogP contribution in [0.4, 0.5) is 4.79 Å². The van der Waals surface area contributed by atoms with Crippen molar-refractivity contribution in [3.63, 3.8) is 0 Å². The van der Waals surface area contributed by atoms with Gasteiger partial charge in [-0.25, -0.2) is 4.79 Å². The molecule has 1 aliphatic rings. The first-order valence-electron chi connectivity index (χ1n) is 5.90. The molecule has 1 amide bonds. The van der Waals surface area contributed by atoms with Gasteiger partial charge in [0, 0.05) is 6.04 Å². The van der Waals surface area contributed by atoms with E-state index >= 15 is 0 Å². The Labute approximate surface area is 97.4 Å². The lowest BCUT2D eigenvalue weighted by Gasteiger charge is -2.33. The van der Waals surface area contributed by atoms with Crippen LogP contribution >= 0.6 is 0 Å². The van der Waals surface area contributed by atoms with Crippen molar-refractivity contribution in [2.24, 2.45) is 0 Å². The highest BCUT2D eigenvalue weighted by atomic mass is 16.6. The molecule has 0 unspecified atom stereocenters. The highest BCUT2D eigenvalue weighted by molar-refractivity contribution is 5.68. The van der Waals surface area contributed by atoms with Gasteiger partial charge in [0.1, 0.15) is 5.60 Å².